The van der Waals surface area contributed by atoms with Gasteiger partial charge in [-0.3, -0.25) is 0 Å². The summed E-state index contributed by atoms with van der Waals surface area (Å²) in [5, 5.41) is 30.0. The van der Waals surface area contributed by atoms with E-state index in [0.29, 0.717) is 28.6 Å². The van der Waals surface area contributed by atoms with Crippen LogP contribution in [0, 0.1) is 0 Å². The van der Waals surface area contributed by atoms with Crippen LogP contribution in [0.3, 0.4) is 0 Å². The van der Waals surface area contributed by atoms with E-state index in [1.165, 1.54) is 24.3 Å². The van der Waals surface area contributed by atoms with Crippen LogP contribution in [0.4, 0.5) is 13.2 Å². The number of alkyl halides is 3. The smallest absolute Gasteiger partial charge is 0.406 e. The fraction of sp³-hybridized carbons (Fsp3) is 0.167. The van der Waals surface area contributed by atoms with Crippen LogP contribution < -0.4 is 4.74 Å². The first-order chi connectivity index (χ1) is 15.2. The summed E-state index contributed by atoms with van der Waals surface area (Å²) in [6.45, 7) is 0.508. The molecule has 1 heterocycles. The average molecular weight is 443 g/mol. The first-order valence-electron chi connectivity index (χ1n) is 9.78. The second-order valence-corrected chi connectivity index (χ2v) is 7.36. The third-order valence-corrected chi connectivity index (χ3v) is 5.13. The van der Waals surface area contributed by atoms with Crippen LogP contribution >= 0.6 is 0 Å². The van der Waals surface area contributed by atoms with Crippen molar-refractivity contribution in [2.24, 2.45) is 0 Å². The molecule has 0 aliphatic carbocycles. The van der Waals surface area contributed by atoms with E-state index >= 15 is 0 Å². The number of aliphatic hydroxyl groups is 3. The van der Waals surface area contributed by atoms with Gasteiger partial charge >= 0.3 is 6.36 Å². The summed E-state index contributed by atoms with van der Waals surface area (Å²) in [5.41, 5.74) is 3.46. The molecule has 0 spiro atoms. The number of nitrogens with zero attached hydrogens (tertiary/aromatic N) is 1. The van der Waals surface area contributed by atoms with Crippen molar-refractivity contribution in [1.29, 1.82) is 0 Å². The zero-order valence-corrected chi connectivity index (χ0v) is 16.7. The van der Waals surface area contributed by atoms with Gasteiger partial charge in [-0.2, -0.15) is 0 Å². The molecule has 166 valence electrons. The Morgan fingerprint density at radius 2 is 1.50 bits per heavy atom. The fourth-order valence-corrected chi connectivity index (χ4v) is 3.66. The number of aromatic nitrogens is 1. The second-order valence-electron chi connectivity index (χ2n) is 7.36. The third kappa shape index (κ3) is 4.77. The predicted molar refractivity (Wildman–Crippen MR) is 113 cm³/mol. The van der Waals surface area contributed by atoms with E-state index in [1.54, 1.807) is 12.3 Å². The molecule has 3 N–H and O–H groups in total. The van der Waals surface area contributed by atoms with Gasteiger partial charge in [0, 0.05) is 29.2 Å². The SMILES string of the molecule is OC(O)[C@H](O)c1cn(Cc2ccccc2)c2ccc(-c3ccc(OC(F)(F)F)cc3)cc12. The van der Waals surface area contributed by atoms with Crippen molar-refractivity contribution in [3.63, 3.8) is 0 Å². The van der Waals surface area contributed by atoms with Gasteiger partial charge in [-0.05, 0) is 41.0 Å². The van der Waals surface area contributed by atoms with E-state index in [9.17, 15) is 28.5 Å². The summed E-state index contributed by atoms with van der Waals surface area (Å²) in [7, 11) is 0. The van der Waals surface area contributed by atoms with Crippen LogP contribution in [-0.2, 0) is 6.54 Å². The number of ether oxygens (including phenoxy) is 1. The Morgan fingerprint density at radius 1 is 0.844 bits per heavy atom. The molecule has 5 nitrogen and oxygen atoms in total. The summed E-state index contributed by atoms with van der Waals surface area (Å²) in [6, 6.07) is 20.5. The number of halogens is 3. The molecule has 32 heavy (non-hydrogen) atoms. The molecule has 0 unspecified atom stereocenters. The molecule has 0 bridgehead atoms. The van der Waals surface area contributed by atoms with Crippen LogP contribution in [0.25, 0.3) is 22.0 Å². The molecule has 4 aromatic rings. The molecular weight excluding hydrogens is 423 g/mol. The van der Waals surface area contributed by atoms with E-state index in [0.717, 1.165) is 11.1 Å². The summed E-state index contributed by atoms with van der Waals surface area (Å²) >= 11 is 0. The Labute approximate surface area is 181 Å². The molecule has 3 aromatic carbocycles. The zero-order valence-electron chi connectivity index (χ0n) is 16.7. The van der Waals surface area contributed by atoms with Crippen molar-refractivity contribution in [3.05, 3.63) is 90.1 Å². The van der Waals surface area contributed by atoms with Gasteiger partial charge in [0.2, 0.25) is 0 Å². The van der Waals surface area contributed by atoms with Crippen LogP contribution in [0.2, 0.25) is 0 Å². The van der Waals surface area contributed by atoms with Crippen molar-refractivity contribution in [2.75, 3.05) is 0 Å². The van der Waals surface area contributed by atoms with Gasteiger partial charge in [0.1, 0.15) is 11.9 Å². The van der Waals surface area contributed by atoms with Gasteiger partial charge in [0.15, 0.2) is 6.29 Å². The molecule has 0 radical (unpaired) electrons. The molecular formula is C24H20F3NO4. The predicted octanol–water partition coefficient (Wildman–Crippen LogP) is 4.60. The normalized spacial score (nSPS) is 13.0. The number of rotatable bonds is 6. The molecule has 0 saturated carbocycles. The summed E-state index contributed by atoms with van der Waals surface area (Å²) in [4.78, 5) is 0. The lowest BCUT2D eigenvalue weighted by Gasteiger charge is -2.12. The molecule has 8 heteroatoms. The van der Waals surface area contributed by atoms with Crippen LogP contribution in [0.5, 0.6) is 5.75 Å². The van der Waals surface area contributed by atoms with Gasteiger partial charge in [-0.1, -0.05) is 48.5 Å². The molecule has 0 aliphatic heterocycles. The molecule has 0 saturated heterocycles. The summed E-state index contributed by atoms with van der Waals surface area (Å²) < 4.78 is 43.0. The van der Waals surface area contributed by atoms with E-state index in [2.05, 4.69) is 4.74 Å². The molecule has 4 rings (SSSR count). The Bertz CT molecular complexity index is 1200. The highest BCUT2D eigenvalue weighted by Crippen LogP contribution is 2.33. The number of aliphatic hydroxyl groups excluding tert-OH is 2. The van der Waals surface area contributed by atoms with Gasteiger partial charge in [-0.25, -0.2) is 0 Å². The van der Waals surface area contributed by atoms with Gasteiger partial charge in [0.05, 0.1) is 0 Å². The van der Waals surface area contributed by atoms with Crippen LogP contribution in [0.15, 0.2) is 79.0 Å². The van der Waals surface area contributed by atoms with E-state index in [4.69, 9.17) is 0 Å². The maximum Gasteiger partial charge on any atom is 0.573 e. The quantitative estimate of drug-likeness (QED) is 0.381. The minimum Gasteiger partial charge on any atom is -0.406 e. The Morgan fingerprint density at radius 3 is 2.12 bits per heavy atom. The minimum absolute atomic E-state index is 0.323. The summed E-state index contributed by atoms with van der Waals surface area (Å²) in [6.07, 6.45) is -6.58. The highest BCUT2D eigenvalue weighted by molar-refractivity contribution is 5.89. The van der Waals surface area contributed by atoms with E-state index in [-0.39, 0.29) is 5.75 Å². The van der Waals surface area contributed by atoms with Gasteiger partial charge in [-0.15, -0.1) is 13.2 Å². The first kappa shape index (κ1) is 21.9. The Balaban J connectivity index is 1.74. The largest absolute Gasteiger partial charge is 0.573 e. The lowest BCUT2D eigenvalue weighted by atomic mass is 10.0. The number of hydrogen-bond acceptors (Lipinski definition) is 4. The molecule has 0 aliphatic rings. The maximum atomic E-state index is 12.4. The van der Waals surface area contributed by atoms with E-state index < -0.39 is 18.8 Å². The number of benzene rings is 3. The van der Waals surface area contributed by atoms with Crippen molar-refractivity contribution in [1.82, 2.24) is 4.57 Å². The third-order valence-electron chi connectivity index (χ3n) is 5.13. The lowest BCUT2D eigenvalue weighted by molar-refractivity contribution is -0.274. The fourth-order valence-electron chi connectivity index (χ4n) is 3.66. The van der Waals surface area contributed by atoms with Crippen molar-refractivity contribution < 1.29 is 33.2 Å². The van der Waals surface area contributed by atoms with Gasteiger partial charge < -0.3 is 24.6 Å². The van der Waals surface area contributed by atoms with Crippen molar-refractivity contribution >= 4 is 10.9 Å². The average Bonchev–Trinajstić information content (AvgIpc) is 3.11. The Kier molecular flexibility index (Phi) is 5.92. The van der Waals surface area contributed by atoms with Crippen molar-refractivity contribution in [3.8, 4) is 16.9 Å². The maximum absolute atomic E-state index is 12.4. The number of fused-ring (bicyclic) bond motifs is 1. The molecule has 1 aromatic heterocycles. The van der Waals surface area contributed by atoms with Crippen LogP contribution in [0.1, 0.15) is 17.2 Å². The monoisotopic (exact) mass is 443 g/mol. The minimum atomic E-state index is -4.77. The van der Waals surface area contributed by atoms with E-state index in [1.807, 2.05) is 47.0 Å². The Hall–Kier alpha value is -3.33. The van der Waals surface area contributed by atoms with Crippen molar-refractivity contribution in [2.45, 2.75) is 25.3 Å². The number of hydrogen-bond donors (Lipinski definition) is 3. The standard InChI is InChI=1S/C24H20F3NO4/c25-24(26,27)32-18-9-6-16(7-10-18)17-8-11-21-19(12-17)20(22(29)23(30)31)14-28(21)13-15-4-2-1-3-5-15/h1-12,14,22-23,29-31H,13H2/t22-/m1/s1. The molecule has 1 atom stereocenters. The lowest BCUT2D eigenvalue weighted by Crippen LogP contribution is -2.16. The zero-order chi connectivity index (χ0) is 22.9. The first-order valence-corrected chi connectivity index (χ1v) is 9.78. The highest BCUT2D eigenvalue weighted by Gasteiger charge is 2.31. The second kappa shape index (κ2) is 8.66. The van der Waals surface area contributed by atoms with Crippen LogP contribution in [-0.4, -0.2) is 32.5 Å². The van der Waals surface area contributed by atoms with Gasteiger partial charge in [0.25, 0.3) is 0 Å². The summed E-state index contributed by atoms with van der Waals surface area (Å²) in [5.74, 6) is -0.323. The highest BCUT2D eigenvalue weighted by atomic mass is 19.4. The topological polar surface area (TPSA) is 74.9 Å². The molecule has 0 fully saturated rings. The molecule has 0 amide bonds.